The van der Waals surface area contributed by atoms with Crippen LogP contribution in [0.1, 0.15) is 27.6 Å². The van der Waals surface area contributed by atoms with E-state index in [9.17, 15) is 9.59 Å². The van der Waals surface area contributed by atoms with E-state index in [4.69, 9.17) is 14.2 Å². The molecule has 1 N–H and O–H groups in total. The summed E-state index contributed by atoms with van der Waals surface area (Å²) in [6.45, 7) is 1.69. The second-order valence-corrected chi connectivity index (χ2v) is 6.57. The molecule has 0 spiro atoms. The fourth-order valence-corrected chi connectivity index (χ4v) is 2.86. The highest BCUT2D eigenvalue weighted by molar-refractivity contribution is 6.04. The van der Waals surface area contributed by atoms with Gasteiger partial charge in [0, 0.05) is 22.9 Å². The molecular weight excluding hydrogens is 382 g/mol. The third-order valence-corrected chi connectivity index (χ3v) is 4.48. The first-order valence-electron chi connectivity index (χ1n) is 9.40. The van der Waals surface area contributed by atoms with Crippen LogP contribution < -0.4 is 19.5 Å². The van der Waals surface area contributed by atoms with Crippen molar-refractivity contribution in [3.05, 3.63) is 83.9 Å². The van der Waals surface area contributed by atoms with Crippen molar-refractivity contribution in [2.45, 2.75) is 13.0 Å². The van der Waals surface area contributed by atoms with Crippen LogP contribution in [0.3, 0.4) is 0 Å². The van der Waals surface area contributed by atoms with E-state index in [1.54, 1.807) is 93.9 Å². The number of rotatable bonds is 8. The van der Waals surface area contributed by atoms with Crippen LogP contribution in [0.5, 0.6) is 17.2 Å². The Morgan fingerprint density at radius 2 is 1.43 bits per heavy atom. The highest BCUT2D eigenvalue weighted by Crippen LogP contribution is 2.22. The molecule has 0 aliphatic rings. The molecule has 0 aliphatic heterocycles. The largest absolute Gasteiger partial charge is 0.497 e. The van der Waals surface area contributed by atoms with Crippen molar-refractivity contribution < 1.29 is 23.8 Å². The Hall–Kier alpha value is -3.80. The minimum Gasteiger partial charge on any atom is -0.497 e. The number of ketones is 1. The second kappa shape index (κ2) is 9.60. The number of nitrogens with one attached hydrogen (secondary N) is 1. The summed E-state index contributed by atoms with van der Waals surface area (Å²) in [7, 11) is 3.12. The second-order valence-electron chi connectivity index (χ2n) is 6.57. The zero-order valence-corrected chi connectivity index (χ0v) is 17.0. The Bertz CT molecular complexity index is 1030. The number of carbonyl (C=O) groups excluding carboxylic acids is 2. The quantitative estimate of drug-likeness (QED) is 0.554. The summed E-state index contributed by atoms with van der Waals surface area (Å²) < 4.78 is 16.1. The van der Waals surface area contributed by atoms with Gasteiger partial charge in [0.15, 0.2) is 6.10 Å². The van der Waals surface area contributed by atoms with E-state index in [1.807, 2.05) is 0 Å². The summed E-state index contributed by atoms with van der Waals surface area (Å²) in [4.78, 5) is 25.1. The molecule has 6 heteroatoms. The van der Waals surface area contributed by atoms with E-state index in [2.05, 4.69) is 5.32 Å². The van der Waals surface area contributed by atoms with Crippen molar-refractivity contribution in [3.63, 3.8) is 0 Å². The van der Waals surface area contributed by atoms with Crippen molar-refractivity contribution in [3.8, 4) is 17.2 Å². The number of methoxy groups -OCH3 is 2. The molecule has 1 atom stereocenters. The van der Waals surface area contributed by atoms with Crippen molar-refractivity contribution in [1.29, 1.82) is 0 Å². The lowest BCUT2D eigenvalue weighted by atomic mass is 10.1. The number of hydrogen-bond donors (Lipinski definition) is 1. The smallest absolute Gasteiger partial charge is 0.255 e. The van der Waals surface area contributed by atoms with E-state index in [1.165, 1.54) is 0 Å². The predicted molar refractivity (Wildman–Crippen MR) is 115 cm³/mol. The predicted octanol–water partition coefficient (Wildman–Crippen LogP) is 4.61. The number of hydrogen-bond acceptors (Lipinski definition) is 5. The summed E-state index contributed by atoms with van der Waals surface area (Å²) in [5.74, 6) is 1.34. The zero-order valence-electron chi connectivity index (χ0n) is 17.0. The molecule has 0 aromatic heterocycles. The number of carbonyl (C=O) groups is 2. The number of benzene rings is 3. The lowest BCUT2D eigenvalue weighted by Gasteiger charge is -2.15. The lowest BCUT2D eigenvalue weighted by Crippen LogP contribution is -2.24. The SMILES string of the molecule is COc1ccc(C(=O)[C@@H](C)Oc2cccc(NC(=O)c3cccc(OC)c3)c2)cc1. The molecule has 154 valence electrons. The van der Waals surface area contributed by atoms with Crippen molar-refractivity contribution >= 4 is 17.4 Å². The Morgan fingerprint density at radius 3 is 2.13 bits per heavy atom. The number of ether oxygens (including phenoxy) is 3. The van der Waals surface area contributed by atoms with Gasteiger partial charge in [-0.2, -0.15) is 0 Å². The molecule has 0 unspecified atom stereocenters. The van der Waals surface area contributed by atoms with Crippen molar-refractivity contribution in [2.75, 3.05) is 19.5 Å². The van der Waals surface area contributed by atoms with Crippen LogP contribution in [0.25, 0.3) is 0 Å². The van der Waals surface area contributed by atoms with E-state index < -0.39 is 6.10 Å². The molecule has 30 heavy (non-hydrogen) atoms. The monoisotopic (exact) mass is 405 g/mol. The van der Waals surface area contributed by atoms with Crippen LogP contribution in [-0.4, -0.2) is 32.0 Å². The summed E-state index contributed by atoms with van der Waals surface area (Å²) in [6, 6.07) is 20.7. The van der Waals surface area contributed by atoms with E-state index in [0.717, 1.165) is 0 Å². The van der Waals surface area contributed by atoms with E-state index in [-0.39, 0.29) is 11.7 Å². The van der Waals surface area contributed by atoms with Gasteiger partial charge in [0.25, 0.3) is 5.91 Å². The van der Waals surface area contributed by atoms with Gasteiger partial charge in [0.1, 0.15) is 17.2 Å². The summed E-state index contributed by atoms with van der Waals surface area (Å²) in [5, 5.41) is 2.82. The average molecular weight is 405 g/mol. The highest BCUT2D eigenvalue weighted by Gasteiger charge is 2.17. The van der Waals surface area contributed by atoms with Gasteiger partial charge in [-0.05, 0) is 61.5 Å². The first-order valence-corrected chi connectivity index (χ1v) is 9.40. The third-order valence-electron chi connectivity index (χ3n) is 4.48. The molecule has 1 amide bonds. The van der Waals surface area contributed by atoms with Gasteiger partial charge in [-0.25, -0.2) is 0 Å². The van der Waals surface area contributed by atoms with Gasteiger partial charge in [-0.3, -0.25) is 9.59 Å². The zero-order chi connectivity index (χ0) is 21.5. The van der Waals surface area contributed by atoms with Gasteiger partial charge >= 0.3 is 0 Å². The molecule has 0 bridgehead atoms. The maximum atomic E-state index is 12.6. The first kappa shape index (κ1) is 20.9. The normalized spacial score (nSPS) is 11.3. The van der Waals surface area contributed by atoms with Gasteiger partial charge in [0.2, 0.25) is 5.78 Å². The standard InChI is InChI=1S/C24H23NO5/c1-16(23(26)17-10-12-20(28-2)13-11-17)30-22-9-5-7-19(15-22)25-24(27)18-6-4-8-21(14-18)29-3/h4-16H,1-3H3,(H,25,27)/t16-/m1/s1. The first-order chi connectivity index (χ1) is 14.5. The topological polar surface area (TPSA) is 73.9 Å². The molecule has 6 nitrogen and oxygen atoms in total. The molecule has 0 saturated heterocycles. The van der Waals surface area contributed by atoms with Crippen molar-refractivity contribution in [2.24, 2.45) is 0 Å². The van der Waals surface area contributed by atoms with Crippen LogP contribution in [0.4, 0.5) is 5.69 Å². The maximum absolute atomic E-state index is 12.6. The lowest BCUT2D eigenvalue weighted by molar-refractivity contribution is 0.0818. The number of Topliss-reactive ketones (excluding diaryl/α,β-unsaturated/α-hetero) is 1. The summed E-state index contributed by atoms with van der Waals surface area (Å²) in [6.07, 6.45) is -0.692. The molecule has 0 radical (unpaired) electrons. The highest BCUT2D eigenvalue weighted by atomic mass is 16.5. The van der Waals surface area contributed by atoms with Gasteiger partial charge in [-0.15, -0.1) is 0 Å². The van der Waals surface area contributed by atoms with Crippen LogP contribution in [-0.2, 0) is 0 Å². The Kier molecular flexibility index (Phi) is 6.70. The summed E-state index contributed by atoms with van der Waals surface area (Å²) >= 11 is 0. The van der Waals surface area contributed by atoms with Gasteiger partial charge in [-0.1, -0.05) is 12.1 Å². The minimum atomic E-state index is -0.692. The average Bonchev–Trinajstić information content (AvgIpc) is 2.78. The summed E-state index contributed by atoms with van der Waals surface area (Å²) in [5.41, 5.74) is 1.57. The third kappa shape index (κ3) is 5.17. The molecule has 0 saturated carbocycles. The van der Waals surface area contributed by atoms with Crippen LogP contribution >= 0.6 is 0 Å². The Morgan fingerprint density at radius 1 is 0.767 bits per heavy atom. The van der Waals surface area contributed by atoms with Gasteiger partial charge in [0.05, 0.1) is 14.2 Å². The van der Waals surface area contributed by atoms with E-state index >= 15 is 0 Å². The molecular formula is C24H23NO5. The maximum Gasteiger partial charge on any atom is 0.255 e. The molecule has 0 heterocycles. The molecule has 0 fully saturated rings. The fraction of sp³-hybridized carbons (Fsp3) is 0.167. The van der Waals surface area contributed by atoms with Crippen LogP contribution in [0.15, 0.2) is 72.8 Å². The number of anilines is 1. The fourth-order valence-electron chi connectivity index (χ4n) is 2.86. The Labute approximate surface area is 175 Å². The van der Waals surface area contributed by atoms with Crippen molar-refractivity contribution in [1.82, 2.24) is 0 Å². The van der Waals surface area contributed by atoms with Crippen LogP contribution in [0.2, 0.25) is 0 Å². The Balaban J connectivity index is 1.66. The minimum absolute atomic E-state index is 0.150. The van der Waals surface area contributed by atoms with Gasteiger partial charge < -0.3 is 19.5 Å². The van der Waals surface area contributed by atoms with Crippen LogP contribution in [0, 0.1) is 0 Å². The molecule has 3 aromatic carbocycles. The molecule has 3 rings (SSSR count). The van der Waals surface area contributed by atoms with E-state index in [0.29, 0.717) is 34.1 Å². The molecule has 0 aliphatic carbocycles. The number of amides is 1. The molecule has 3 aromatic rings.